The molecule has 1 aromatic rings. The van der Waals surface area contributed by atoms with E-state index in [2.05, 4.69) is 10.0 Å². The normalized spacial score (nSPS) is 11.6. The van der Waals surface area contributed by atoms with Crippen molar-refractivity contribution in [1.29, 1.82) is 0 Å². The molecule has 2 N–H and O–H groups in total. The SMILES string of the molecule is Cc1ccccc1S(=O)(=O)NCC(=O)NCCCN(C)C. The summed E-state index contributed by atoms with van der Waals surface area (Å²) in [7, 11) is 0.264. The molecule has 0 aromatic heterocycles. The van der Waals surface area contributed by atoms with Crippen LogP contribution in [0, 0.1) is 6.92 Å². The average Bonchev–Trinajstić information content (AvgIpc) is 2.41. The molecule has 0 bridgehead atoms. The molecule has 0 aliphatic rings. The number of hydrogen-bond donors (Lipinski definition) is 2. The number of carbonyl (C=O) groups excluding carboxylic acids is 1. The molecule has 0 heterocycles. The van der Waals surface area contributed by atoms with Gasteiger partial charge in [-0.1, -0.05) is 18.2 Å². The van der Waals surface area contributed by atoms with Crippen molar-refractivity contribution < 1.29 is 13.2 Å². The van der Waals surface area contributed by atoms with Crippen LogP contribution in [0.2, 0.25) is 0 Å². The maximum absolute atomic E-state index is 12.1. The molecule has 1 amide bonds. The number of amides is 1. The van der Waals surface area contributed by atoms with Gasteiger partial charge in [-0.2, -0.15) is 0 Å². The maximum atomic E-state index is 12.1. The fourth-order valence-corrected chi connectivity index (χ4v) is 3.01. The van der Waals surface area contributed by atoms with Gasteiger partial charge in [0.15, 0.2) is 0 Å². The first-order valence-electron chi connectivity index (χ1n) is 6.79. The zero-order valence-corrected chi connectivity index (χ0v) is 13.5. The molecule has 0 fully saturated rings. The second-order valence-corrected chi connectivity index (χ2v) is 6.83. The van der Waals surface area contributed by atoms with Gasteiger partial charge in [-0.05, 0) is 45.6 Å². The number of nitrogens with one attached hydrogen (secondary N) is 2. The summed E-state index contributed by atoms with van der Waals surface area (Å²) in [6.45, 7) is 2.87. The van der Waals surface area contributed by atoms with E-state index in [1.165, 1.54) is 6.07 Å². The molecule has 0 radical (unpaired) electrons. The van der Waals surface area contributed by atoms with E-state index in [1.807, 2.05) is 19.0 Å². The van der Waals surface area contributed by atoms with Crippen LogP contribution in [0.5, 0.6) is 0 Å². The highest BCUT2D eigenvalue weighted by atomic mass is 32.2. The lowest BCUT2D eigenvalue weighted by Gasteiger charge is -2.11. The predicted molar refractivity (Wildman–Crippen MR) is 82.5 cm³/mol. The van der Waals surface area contributed by atoms with Crippen molar-refractivity contribution in [2.45, 2.75) is 18.2 Å². The Labute approximate surface area is 126 Å². The molecule has 0 saturated carbocycles. The van der Waals surface area contributed by atoms with E-state index < -0.39 is 10.0 Å². The summed E-state index contributed by atoms with van der Waals surface area (Å²) in [5, 5.41) is 2.68. The Morgan fingerprint density at radius 2 is 1.90 bits per heavy atom. The Morgan fingerprint density at radius 3 is 2.52 bits per heavy atom. The second kappa shape index (κ2) is 8.11. The molecule has 0 atom stereocenters. The topological polar surface area (TPSA) is 78.5 Å². The standard InChI is InChI=1S/C14H23N3O3S/c1-12-7-4-5-8-13(12)21(19,20)16-11-14(18)15-9-6-10-17(2)3/h4-5,7-8,16H,6,9-11H2,1-3H3,(H,15,18). The molecule has 21 heavy (non-hydrogen) atoms. The van der Waals surface area contributed by atoms with Crippen LogP contribution < -0.4 is 10.0 Å². The zero-order chi connectivity index (χ0) is 15.9. The first-order valence-corrected chi connectivity index (χ1v) is 8.28. The van der Waals surface area contributed by atoms with Gasteiger partial charge in [0.2, 0.25) is 15.9 Å². The molecule has 0 aliphatic carbocycles. The minimum Gasteiger partial charge on any atom is -0.355 e. The fourth-order valence-electron chi connectivity index (χ4n) is 1.78. The Morgan fingerprint density at radius 1 is 1.24 bits per heavy atom. The summed E-state index contributed by atoms with van der Waals surface area (Å²) in [6, 6.07) is 6.66. The highest BCUT2D eigenvalue weighted by molar-refractivity contribution is 7.89. The smallest absolute Gasteiger partial charge is 0.241 e. The third-order valence-corrected chi connectivity index (χ3v) is 4.47. The summed E-state index contributed by atoms with van der Waals surface area (Å²) >= 11 is 0. The Bertz CT molecular complexity index is 571. The average molecular weight is 313 g/mol. The zero-order valence-electron chi connectivity index (χ0n) is 12.7. The lowest BCUT2D eigenvalue weighted by molar-refractivity contribution is -0.119. The van der Waals surface area contributed by atoms with Gasteiger partial charge in [0.25, 0.3) is 0 Å². The summed E-state index contributed by atoms with van der Waals surface area (Å²) < 4.78 is 26.5. The number of nitrogens with zero attached hydrogens (tertiary/aromatic N) is 1. The van der Waals surface area contributed by atoms with Crippen molar-refractivity contribution in [3.63, 3.8) is 0 Å². The quantitative estimate of drug-likeness (QED) is 0.679. The molecule has 0 spiro atoms. The number of sulfonamides is 1. The van der Waals surface area contributed by atoms with Gasteiger partial charge in [-0.3, -0.25) is 4.79 Å². The molecule has 7 heteroatoms. The third kappa shape index (κ3) is 6.24. The first-order chi connectivity index (χ1) is 9.83. The number of aryl methyl sites for hydroxylation is 1. The molecule has 0 aliphatic heterocycles. The predicted octanol–water partition coefficient (Wildman–Crippen LogP) is 0.341. The van der Waals surface area contributed by atoms with Crippen LogP contribution in [0.3, 0.4) is 0 Å². The maximum Gasteiger partial charge on any atom is 0.241 e. The minimum atomic E-state index is -3.65. The lowest BCUT2D eigenvalue weighted by Crippen LogP contribution is -2.38. The summed E-state index contributed by atoms with van der Waals surface area (Å²) in [5.41, 5.74) is 0.649. The third-order valence-electron chi connectivity index (χ3n) is 2.91. The first kappa shape index (κ1) is 17.6. The van der Waals surface area contributed by atoms with Crippen molar-refractivity contribution in [2.24, 2.45) is 0 Å². The molecular formula is C14H23N3O3S. The molecule has 0 saturated heterocycles. The van der Waals surface area contributed by atoms with E-state index in [0.717, 1.165) is 13.0 Å². The molecule has 0 unspecified atom stereocenters. The van der Waals surface area contributed by atoms with Gasteiger partial charge >= 0.3 is 0 Å². The fraction of sp³-hybridized carbons (Fsp3) is 0.500. The lowest BCUT2D eigenvalue weighted by atomic mass is 10.2. The summed E-state index contributed by atoms with van der Waals surface area (Å²) in [6.07, 6.45) is 0.823. The highest BCUT2D eigenvalue weighted by Gasteiger charge is 2.17. The van der Waals surface area contributed by atoms with Gasteiger partial charge in [0.05, 0.1) is 11.4 Å². The van der Waals surface area contributed by atoms with Crippen LogP contribution >= 0.6 is 0 Å². The Kier molecular flexibility index (Phi) is 6.80. The van der Waals surface area contributed by atoms with E-state index in [0.29, 0.717) is 12.1 Å². The van der Waals surface area contributed by atoms with Crippen LogP contribution in [0.4, 0.5) is 0 Å². The van der Waals surface area contributed by atoms with E-state index >= 15 is 0 Å². The van der Waals surface area contributed by atoms with Crippen LogP contribution in [-0.4, -0.2) is 53.0 Å². The van der Waals surface area contributed by atoms with Crippen molar-refractivity contribution in [3.05, 3.63) is 29.8 Å². The molecule has 1 aromatic carbocycles. The second-order valence-electron chi connectivity index (χ2n) is 5.10. The molecule has 1 rings (SSSR count). The number of hydrogen-bond acceptors (Lipinski definition) is 4. The van der Waals surface area contributed by atoms with E-state index in [1.54, 1.807) is 25.1 Å². The van der Waals surface area contributed by atoms with E-state index in [9.17, 15) is 13.2 Å². The van der Waals surface area contributed by atoms with Crippen LogP contribution in [-0.2, 0) is 14.8 Å². The number of benzene rings is 1. The number of rotatable bonds is 8. The van der Waals surface area contributed by atoms with Crippen LogP contribution in [0.25, 0.3) is 0 Å². The van der Waals surface area contributed by atoms with Crippen molar-refractivity contribution in [3.8, 4) is 0 Å². The largest absolute Gasteiger partial charge is 0.355 e. The summed E-state index contributed by atoms with van der Waals surface area (Å²) in [4.78, 5) is 13.8. The minimum absolute atomic E-state index is 0.199. The molecule has 118 valence electrons. The van der Waals surface area contributed by atoms with E-state index in [-0.39, 0.29) is 17.3 Å². The van der Waals surface area contributed by atoms with Gasteiger partial charge in [-0.15, -0.1) is 0 Å². The monoisotopic (exact) mass is 313 g/mol. The molecular weight excluding hydrogens is 290 g/mol. The molecule has 6 nitrogen and oxygen atoms in total. The van der Waals surface area contributed by atoms with Crippen molar-refractivity contribution in [2.75, 3.05) is 33.7 Å². The van der Waals surface area contributed by atoms with Gasteiger partial charge in [-0.25, -0.2) is 13.1 Å². The number of carbonyl (C=O) groups is 1. The van der Waals surface area contributed by atoms with Gasteiger partial charge < -0.3 is 10.2 Å². The van der Waals surface area contributed by atoms with Crippen molar-refractivity contribution in [1.82, 2.24) is 14.9 Å². The van der Waals surface area contributed by atoms with Crippen LogP contribution in [0.15, 0.2) is 29.2 Å². The summed E-state index contributed by atoms with van der Waals surface area (Å²) in [5.74, 6) is -0.328. The van der Waals surface area contributed by atoms with Gasteiger partial charge in [0.1, 0.15) is 0 Å². The Hall–Kier alpha value is -1.44. The van der Waals surface area contributed by atoms with Crippen LogP contribution in [0.1, 0.15) is 12.0 Å². The van der Waals surface area contributed by atoms with E-state index in [4.69, 9.17) is 0 Å². The van der Waals surface area contributed by atoms with Gasteiger partial charge in [0, 0.05) is 6.54 Å². The van der Waals surface area contributed by atoms with Crippen molar-refractivity contribution >= 4 is 15.9 Å². The Balaban J connectivity index is 2.44. The highest BCUT2D eigenvalue weighted by Crippen LogP contribution is 2.13.